The summed E-state index contributed by atoms with van der Waals surface area (Å²) < 4.78 is 39.1. The molecule has 2 amide bonds. The number of hydrogen-bond acceptors (Lipinski definition) is 4. The lowest BCUT2D eigenvalue weighted by molar-refractivity contribution is -0.139. The van der Waals surface area contributed by atoms with Crippen LogP contribution in [0.5, 0.6) is 0 Å². The molecule has 2 rings (SSSR count). The van der Waals surface area contributed by atoms with Crippen molar-refractivity contribution < 1.29 is 22.4 Å². The van der Waals surface area contributed by atoms with Crippen LogP contribution in [0.1, 0.15) is 32.8 Å². The summed E-state index contributed by atoms with van der Waals surface area (Å²) in [5.41, 5.74) is 0.661. The zero-order chi connectivity index (χ0) is 25.6. The van der Waals surface area contributed by atoms with E-state index in [2.05, 4.69) is 5.32 Å². The van der Waals surface area contributed by atoms with E-state index in [4.69, 9.17) is 23.2 Å². The van der Waals surface area contributed by atoms with Crippen molar-refractivity contribution in [2.45, 2.75) is 45.8 Å². The summed E-state index contributed by atoms with van der Waals surface area (Å²) in [6.45, 7) is 4.68. The largest absolute Gasteiger partial charge is 0.352 e. The van der Waals surface area contributed by atoms with Crippen molar-refractivity contribution in [1.29, 1.82) is 0 Å². The number of halogens is 3. The number of hydrogen-bond donors (Lipinski definition) is 1. The van der Waals surface area contributed by atoms with Gasteiger partial charge in [-0.25, -0.2) is 12.8 Å². The van der Waals surface area contributed by atoms with E-state index in [1.165, 1.54) is 23.1 Å². The number of anilines is 1. The molecule has 186 valence electrons. The minimum Gasteiger partial charge on any atom is -0.352 e. The molecule has 0 spiro atoms. The maximum Gasteiger partial charge on any atom is 0.244 e. The highest BCUT2D eigenvalue weighted by Gasteiger charge is 2.30. The van der Waals surface area contributed by atoms with Gasteiger partial charge in [0.2, 0.25) is 21.8 Å². The molecule has 0 saturated carbocycles. The Morgan fingerprint density at radius 2 is 1.71 bits per heavy atom. The van der Waals surface area contributed by atoms with Crippen molar-refractivity contribution in [2.75, 3.05) is 17.1 Å². The molecular formula is C23H28Cl2FN3O4S. The molecule has 2 atom stereocenters. The molecule has 0 saturated heterocycles. The lowest BCUT2D eigenvalue weighted by atomic mass is 10.1. The average Bonchev–Trinajstić information content (AvgIpc) is 2.76. The third-order valence-electron chi connectivity index (χ3n) is 5.32. The second-order valence-electron chi connectivity index (χ2n) is 8.00. The van der Waals surface area contributed by atoms with Crippen LogP contribution in [-0.4, -0.2) is 50.0 Å². The molecule has 0 bridgehead atoms. The molecule has 11 heteroatoms. The SMILES string of the molecule is CC[C@@H](C)NC(=O)[C@H](C)N(Cc1ccc(Cl)cc1Cl)C(=O)CN(c1ccc(F)cc1)S(C)(=O)=O. The Morgan fingerprint density at radius 1 is 1.09 bits per heavy atom. The van der Waals surface area contributed by atoms with E-state index in [0.717, 1.165) is 22.7 Å². The van der Waals surface area contributed by atoms with Crippen molar-refractivity contribution in [3.05, 3.63) is 63.9 Å². The van der Waals surface area contributed by atoms with Gasteiger partial charge in [0.15, 0.2) is 0 Å². The van der Waals surface area contributed by atoms with Crippen LogP contribution in [0.2, 0.25) is 10.0 Å². The molecule has 1 N–H and O–H groups in total. The van der Waals surface area contributed by atoms with Gasteiger partial charge in [0, 0.05) is 22.6 Å². The predicted molar refractivity (Wildman–Crippen MR) is 133 cm³/mol. The van der Waals surface area contributed by atoms with Gasteiger partial charge in [-0.2, -0.15) is 0 Å². The quantitative estimate of drug-likeness (QED) is 0.496. The Labute approximate surface area is 209 Å². The summed E-state index contributed by atoms with van der Waals surface area (Å²) in [6.07, 6.45) is 1.64. The Morgan fingerprint density at radius 3 is 2.24 bits per heavy atom. The van der Waals surface area contributed by atoms with E-state index in [-0.39, 0.29) is 24.2 Å². The lowest BCUT2D eigenvalue weighted by Gasteiger charge is -2.32. The van der Waals surface area contributed by atoms with Gasteiger partial charge in [0.05, 0.1) is 11.9 Å². The van der Waals surface area contributed by atoms with E-state index in [1.807, 2.05) is 13.8 Å². The van der Waals surface area contributed by atoms with Crippen molar-refractivity contribution in [1.82, 2.24) is 10.2 Å². The normalized spacial score (nSPS) is 13.1. The van der Waals surface area contributed by atoms with E-state index in [1.54, 1.807) is 19.1 Å². The molecule has 34 heavy (non-hydrogen) atoms. The van der Waals surface area contributed by atoms with Gasteiger partial charge >= 0.3 is 0 Å². The maximum atomic E-state index is 13.4. The first kappa shape index (κ1) is 27.9. The molecule has 0 unspecified atom stereocenters. The summed E-state index contributed by atoms with van der Waals surface area (Å²) in [5, 5.41) is 3.55. The second-order valence-corrected chi connectivity index (χ2v) is 10.7. The average molecular weight is 532 g/mol. The minimum atomic E-state index is -3.90. The monoisotopic (exact) mass is 531 g/mol. The molecule has 2 aromatic rings. The van der Waals surface area contributed by atoms with Crippen LogP contribution in [0, 0.1) is 5.82 Å². The molecule has 0 aromatic heterocycles. The molecule has 0 aliphatic rings. The summed E-state index contributed by atoms with van der Waals surface area (Å²) in [4.78, 5) is 27.5. The molecule has 2 aromatic carbocycles. The van der Waals surface area contributed by atoms with Gasteiger partial charge in [-0.15, -0.1) is 0 Å². The fraction of sp³-hybridized carbons (Fsp3) is 0.391. The number of benzene rings is 2. The molecule has 0 fully saturated rings. The number of nitrogens with zero attached hydrogens (tertiary/aromatic N) is 2. The standard InChI is InChI=1S/C23H28Cl2FN3O4S/c1-5-15(2)27-23(31)16(3)28(13-17-6-7-18(24)12-21(17)25)22(30)14-29(34(4,32)33)20-10-8-19(26)9-11-20/h6-12,15-16H,5,13-14H2,1-4H3,(H,27,31)/t15-,16+/m1/s1. The molecule has 7 nitrogen and oxygen atoms in total. The third-order valence-corrected chi connectivity index (χ3v) is 7.05. The second kappa shape index (κ2) is 11.9. The Balaban J connectivity index is 2.41. The van der Waals surface area contributed by atoms with Crippen LogP contribution in [0.15, 0.2) is 42.5 Å². The van der Waals surface area contributed by atoms with Crippen LogP contribution < -0.4 is 9.62 Å². The lowest BCUT2D eigenvalue weighted by Crippen LogP contribution is -2.52. The number of amides is 2. The van der Waals surface area contributed by atoms with Crippen LogP contribution in [0.25, 0.3) is 0 Å². The zero-order valence-corrected chi connectivity index (χ0v) is 21.7. The van der Waals surface area contributed by atoms with Gasteiger partial charge < -0.3 is 10.2 Å². The number of rotatable bonds is 10. The molecule has 0 radical (unpaired) electrons. The molecule has 0 aliphatic carbocycles. The van der Waals surface area contributed by atoms with Crippen molar-refractivity contribution in [2.24, 2.45) is 0 Å². The smallest absolute Gasteiger partial charge is 0.244 e. The zero-order valence-electron chi connectivity index (χ0n) is 19.4. The first-order valence-electron chi connectivity index (χ1n) is 10.6. The first-order chi connectivity index (χ1) is 15.8. The summed E-state index contributed by atoms with van der Waals surface area (Å²) in [6, 6.07) is 8.46. The minimum absolute atomic E-state index is 0.0506. The highest BCUT2D eigenvalue weighted by atomic mass is 35.5. The van der Waals surface area contributed by atoms with Crippen LogP contribution in [0.3, 0.4) is 0 Å². The fourth-order valence-electron chi connectivity index (χ4n) is 3.10. The Hall–Kier alpha value is -2.36. The Bertz CT molecular complexity index is 1130. The maximum absolute atomic E-state index is 13.4. The van der Waals surface area contributed by atoms with E-state index >= 15 is 0 Å². The van der Waals surface area contributed by atoms with Crippen LogP contribution >= 0.6 is 23.2 Å². The highest BCUT2D eigenvalue weighted by Crippen LogP contribution is 2.24. The highest BCUT2D eigenvalue weighted by molar-refractivity contribution is 7.92. The topological polar surface area (TPSA) is 86.8 Å². The van der Waals surface area contributed by atoms with E-state index in [9.17, 15) is 22.4 Å². The predicted octanol–water partition coefficient (Wildman–Crippen LogP) is 4.23. The summed E-state index contributed by atoms with van der Waals surface area (Å²) >= 11 is 12.3. The van der Waals surface area contributed by atoms with Crippen LogP contribution in [-0.2, 0) is 26.2 Å². The summed E-state index contributed by atoms with van der Waals surface area (Å²) in [5.74, 6) is -1.56. The van der Waals surface area contributed by atoms with E-state index in [0.29, 0.717) is 22.0 Å². The van der Waals surface area contributed by atoms with E-state index < -0.39 is 34.3 Å². The van der Waals surface area contributed by atoms with Gasteiger partial charge in [-0.1, -0.05) is 36.2 Å². The van der Waals surface area contributed by atoms with Gasteiger partial charge in [-0.05, 0) is 62.2 Å². The van der Waals surface area contributed by atoms with Crippen molar-refractivity contribution in [3.8, 4) is 0 Å². The first-order valence-corrected chi connectivity index (χ1v) is 13.2. The van der Waals surface area contributed by atoms with Crippen molar-refractivity contribution in [3.63, 3.8) is 0 Å². The number of carbonyl (C=O) groups is 2. The number of nitrogens with one attached hydrogen (secondary N) is 1. The number of carbonyl (C=O) groups excluding carboxylic acids is 2. The van der Waals surface area contributed by atoms with Gasteiger partial charge in [0.25, 0.3) is 0 Å². The van der Waals surface area contributed by atoms with Gasteiger partial charge in [0.1, 0.15) is 18.4 Å². The summed E-state index contributed by atoms with van der Waals surface area (Å²) in [7, 11) is -3.90. The third kappa shape index (κ3) is 7.58. The molecule has 0 aliphatic heterocycles. The molecular weight excluding hydrogens is 504 g/mol. The van der Waals surface area contributed by atoms with Crippen LogP contribution in [0.4, 0.5) is 10.1 Å². The molecule has 0 heterocycles. The van der Waals surface area contributed by atoms with Crippen molar-refractivity contribution >= 4 is 50.7 Å². The fourth-order valence-corrected chi connectivity index (χ4v) is 4.42. The Kier molecular flexibility index (Phi) is 9.73. The number of sulfonamides is 1. The van der Waals surface area contributed by atoms with Gasteiger partial charge in [-0.3, -0.25) is 13.9 Å².